The van der Waals surface area contributed by atoms with Crippen LogP contribution in [0.25, 0.3) is 0 Å². The van der Waals surface area contributed by atoms with Crippen molar-refractivity contribution in [1.82, 2.24) is 0 Å². The number of carbonyl (C=O) groups is 1. The van der Waals surface area contributed by atoms with Gasteiger partial charge in [0.2, 0.25) is 0 Å². The third-order valence-corrected chi connectivity index (χ3v) is 3.28. The number of benzene rings is 2. The highest BCUT2D eigenvalue weighted by atomic mass is 19.4. The van der Waals surface area contributed by atoms with Crippen LogP contribution in [-0.2, 0) is 10.9 Å². The molecule has 2 aromatic carbocycles. The summed E-state index contributed by atoms with van der Waals surface area (Å²) < 4.78 is 75.4. The first kappa shape index (κ1) is 19.6. The first-order chi connectivity index (χ1) is 12.2. The van der Waals surface area contributed by atoms with E-state index in [9.17, 15) is 26.7 Å². The van der Waals surface area contributed by atoms with Crippen LogP contribution in [0.1, 0.15) is 15.9 Å². The van der Waals surface area contributed by atoms with Crippen molar-refractivity contribution in [1.29, 1.82) is 0 Å². The maximum Gasteiger partial charge on any atom is 0.416 e. The van der Waals surface area contributed by atoms with Crippen LogP contribution in [0, 0.1) is 11.6 Å². The molecule has 0 unspecified atom stereocenters. The van der Waals surface area contributed by atoms with Crippen LogP contribution in [0.4, 0.5) is 27.6 Å². The van der Waals surface area contributed by atoms with Gasteiger partial charge in [-0.1, -0.05) is 0 Å². The van der Waals surface area contributed by atoms with Crippen LogP contribution in [0.3, 0.4) is 0 Å². The number of methoxy groups -OCH3 is 1. The van der Waals surface area contributed by atoms with E-state index in [0.717, 1.165) is 24.3 Å². The number of halogens is 5. The van der Waals surface area contributed by atoms with E-state index in [4.69, 9.17) is 9.47 Å². The van der Waals surface area contributed by atoms with Crippen LogP contribution >= 0.6 is 0 Å². The average Bonchev–Trinajstić information content (AvgIpc) is 2.55. The lowest BCUT2D eigenvalue weighted by Crippen LogP contribution is -2.16. The zero-order valence-electron chi connectivity index (χ0n) is 13.5. The van der Waals surface area contributed by atoms with Gasteiger partial charge in [-0.2, -0.15) is 13.2 Å². The van der Waals surface area contributed by atoms with Crippen molar-refractivity contribution < 1.29 is 36.2 Å². The summed E-state index contributed by atoms with van der Waals surface area (Å²) in [5.74, 6) is -3.12. The quantitative estimate of drug-likeness (QED) is 0.606. The molecule has 0 aromatic heterocycles. The Kier molecular flexibility index (Phi) is 6.14. The van der Waals surface area contributed by atoms with E-state index in [1.807, 2.05) is 0 Å². The lowest BCUT2D eigenvalue weighted by Gasteiger charge is -2.15. The van der Waals surface area contributed by atoms with Gasteiger partial charge in [0.1, 0.15) is 24.0 Å². The van der Waals surface area contributed by atoms with Gasteiger partial charge in [-0.05, 0) is 30.3 Å². The SMILES string of the molecule is COCCOc1ccc(C(F)(F)F)cc1NC(=O)c1ccc(F)cc1F. The highest BCUT2D eigenvalue weighted by Gasteiger charge is 2.31. The molecule has 1 amide bonds. The molecule has 0 radical (unpaired) electrons. The normalized spacial score (nSPS) is 11.3. The van der Waals surface area contributed by atoms with Gasteiger partial charge in [0.25, 0.3) is 5.91 Å². The molecule has 0 saturated carbocycles. The second-order valence-corrected chi connectivity index (χ2v) is 5.13. The van der Waals surface area contributed by atoms with E-state index in [-0.39, 0.29) is 24.7 Å². The maximum atomic E-state index is 13.7. The highest BCUT2D eigenvalue weighted by Crippen LogP contribution is 2.35. The molecule has 2 rings (SSSR count). The minimum atomic E-state index is -4.65. The van der Waals surface area contributed by atoms with Gasteiger partial charge >= 0.3 is 6.18 Å². The molecule has 2 aromatic rings. The van der Waals surface area contributed by atoms with Gasteiger partial charge < -0.3 is 14.8 Å². The first-order valence-corrected chi connectivity index (χ1v) is 7.31. The van der Waals surface area contributed by atoms with Crippen LogP contribution in [0.5, 0.6) is 5.75 Å². The number of alkyl halides is 3. The van der Waals surface area contributed by atoms with Crippen molar-refractivity contribution in [2.45, 2.75) is 6.18 Å². The number of nitrogens with one attached hydrogen (secondary N) is 1. The summed E-state index contributed by atoms with van der Waals surface area (Å²) in [5, 5.41) is 2.16. The zero-order valence-corrected chi connectivity index (χ0v) is 13.5. The second-order valence-electron chi connectivity index (χ2n) is 5.13. The van der Waals surface area contributed by atoms with E-state index in [0.29, 0.717) is 12.1 Å². The van der Waals surface area contributed by atoms with Crippen LogP contribution in [-0.4, -0.2) is 26.2 Å². The molecule has 0 spiro atoms. The monoisotopic (exact) mass is 375 g/mol. The van der Waals surface area contributed by atoms with Crippen molar-refractivity contribution >= 4 is 11.6 Å². The minimum absolute atomic E-state index is 0.0235. The number of hydrogen-bond acceptors (Lipinski definition) is 3. The molecule has 0 aliphatic carbocycles. The molecule has 4 nitrogen and oxygen atoms in total. The van der Waals surface area contributed by atoms with Gasteiger partial charge in [-0.3, -0.25) is 4.79 Å². The Morgan fingerprint density at radius 2 is 1.81 bits per heavy atom. The summed E-state index contributed by atoms with van der Waals surface area (Å²) >= 11 is 0. The molecule has 0 aliphatic rings. The first-order valence-electron chi connectivity index (χ1n) is 7.31. The molecule has 0 aliphatic heterocycles. The van der Waals surface area contributed by atoms with Crippen molar-refractivity contribution in [3.63, 3.8) is 0 Å². The molecular formula is C17H14F5NO3. The molecule has 9 heteroatoms. The van der Waals surface area contributed by atoms with E-state index in [1.165, 1.54) is 7.11 Å². The number of ether oxygens (including phenoxy) is 2. The predicted octanol–water partition coefficient (Wildman–Crippen LogP) is 4.26. The zero-order chi connectivity index (χ0) is 19.3. The second kappa shape index (κ2) is 8.13. The number of rotatable bonds is 6. The smallest absolute Gasteiger partial charge is 0.416 e. The molecule has 0 atom stereocenters. The van der Waals surface area contributed by atoms with Crippen LogP contribution < -0.4 is 10.1 Å². The minimum Gasteiger partial charge on any atom is -0.489 e. The molecule has 140 valence electrons. The standard InChI is InChI=1S/C17H14F5NO3/c1-25-6-7-26-15-5-2-10(17(20,21)22)8-14(15)23-16(24)12-4-3-11(18)9-13(12)19/h2-5,8-9H,6-7H2,1H3,(H,23,24). The van der Waals surface area contributed by atoms with E-state index < -0.39 is 34.8 Å². The highest BCUT2D eigenvalue weighted by molar-refractivity contribution is 6.05. The number of anilines is 1. The summed E-state index contributed by atoms with van der Waals surface area (Å²) in [7, 11) is 1.41. The molecule has 0 fully saturated rings. The Bertz CT molecular complexity index is 792. The Balaban J connectivity index is 2.32. The average molecular weight is 375 g/mol. The summed E-state index contributed by atoms with van der Waals surface area (Å²) in [6.07, 6.45) is -4.65. The fourth-order valence-electron chi connectivity index (χ4n) is 2.03. The number of hydrogen-bond donors (Lipinski definition) is 1. The summed E-state index contributed by atoms with van der Waals surface area (Å²) in [6, 6.07) is 4.74. The van der Waals surface area contributed by atoms with Crippen molar-refractivity contribution in [3.8, 4) is 5.75 Å². The van der Waals surface area contributed by atoms with Gasteiger partial charge in [0, 0.05) is 13.2 Å². The van der Waals surface area contributed by atoms with Crippen LogP contribution in [0.15, 0.2) is 36.4 Å². The molecule has 0 saturated heterocycles. The van der Waals surface area contributed by atoms with Gasteiger partial charge in [0.15, 0.2) is 0 Å². The lowest BCUT2D eigenvalue weighted by molar-refractivity contribution is -0.137. The Morgan fingerprint density at radius 1 is 1.08 bits per heavy atom. The van der Waals surface area contributed by atoms with Crippen molar-refractivity contribution in [3.05, 3.63) is 59.2 Å². The lowest BCUT2D eigenvalue weighted by atomic mass is 10.1. The largest absolute Gasteiger partial charge is 0.489 e. The maximum absolute atomic E-state index is 13.7. The predicted molar refractivity (Wildman–Crippen MR) is 83.1 cm³/mol. The number of carbonyl (C=O) groups excluding carboxylic acids is 1. The van der Waals surface area contributed by atoms with E-state index >= 15 is 0 Å². The molecular weight excluding hydrogens is 361 g/mol. The Morgan fingerprint density at radius 3 is 2.42 bits per heavy atom. The third-order valence-electron chi connectivity index (χ3n) is 3.28. The topological polar surface area (TPSA) is 47.6 Å². The molecule has 1 N–H and O–H groups in total. The van der Waals surface area contributed by atoms with E-state index in [1.54, 1.807) is 0 Å². The van der Waals surface area contributed by atoms with E-state index in [2.05, 4.69) is 5.32 Å². The molecule has 0 heterocycles. The van der Waals surface area contributed by atoms with Gasteiger partial charge in [0.05, 0.1) is 23.4 Å². The van der Waals surface area contributed by atoms with Gasteiger partial charge in [-0.15, -0.1) is 0 Å². The summed E-state index contributed by atoms with van der Waals surface area (Å²) in [5.41, 5.74) is -1.84. The molecule has 26 heavy (non-hydrogen) atoms. The van der Waals surface area contributed by atoms with Crippen molar-refractivity contribution in [2.24, 2.45) is 0 Å². The van der Waals surface area contributed by atoms with Crippen LogP contribution in [0.2, 0.25) is 0 Å². The molecule has 0 bridgehead atoms. The van der Waals surface area contributed by atoms with Gasteiger partial charge in [-0.25, -0.2) is 8.78 Å². The van der Waals surface area contributed by atoms with Crippen molar-refractivity contribution in [2.75, 3.05) is 25.6 Å². The third kappa shape index (κ3) is 4.92. The number of amides is 1. The fraction of sp³-hybridized carbons (Fsp3) is 0.235. The Hall–Kier alpha value is -2.68. The Labute approximate surface area is 145 Å². The fourth-order valence-corrected chi connectivity index (χ4v) is 2.03. The summed E-state index contributed by atoms with van der Waals surface area (Å²) in [6.45, 7) is 0.191. The summed E-state index contributed by atoms with van der Waals surface area (Å²) in [4.78, 5) is 12.2.